The van der Waals surface area contributed by atoms with Gasteiger partial charge < -0.3 is 4.52 Å². The summed E-state index contributed by atoms with van der Waals surface area (Å²) in [5.41, 5.74) is 2.33. The van der Waals surface area contributed by atoms with Crippen molar-refractivity contribution in [3.05, 3.63) is 28.8 Å². The first-order chi connectivity index (χ1) is 13.5. The monoisotopic (exact) mass is 644 g/mol. The Labute approximate surface area is 218 Å². The summed E-state index contributed by atoms with van der Waals surface area (Å²) in [7, 11) is 0. The Morgan fingerprint density at radius 2 is 1.00 bits per heavy atom. The van der Waals surface area contributed by atoms with Crippen molar-refractivity contribution in [1.29, 1.82) is 0 Å². The zero-order valence-electron chi connectivity index (χ0n) is 17.8. The summed E-state index contributed by atoms with van der Waals surface area (Å²) in [6.07, 6.45) is 0. The van der Waals surface area contributed by atoms with E-state index in [1.54, 1.807) is 0 Å². The van der Waals surface area contributed by atoms with Gasteiger partial charge in [0.1, 0.15) is 5.75 Å². The second-order valence-corrected chi connectivity index (χ2v) is 27.1. The molecule has 1 aromatic rings. The molecule has 1 unspecified atom stereocenters. The third-order valence-corrected chi connectivity index (χ3v) is 20.0. The Kier molecular flexibility index (Phi) is 8.90. The van der Waals surface area contributed by atoms with Crippen molar-refractivity contribution >= 4 is 103 Å². The van der Waals surface area contributed by atoms with Gasteiger partial charge in [-0.1, -0.05) is 59.2 Å². The summed E-state index contributed by atoms with van der Waals surface area (Å²) in [5, 5.41) is 0. The number of rotatable bonds is 2. The molecule has 0 aromatic heterocycles. The fourth-order valence-corrected chi connectivity index (χ4v) is 25.6. The topological polar surface area (TPSA) is 58.7 Å². The first-order valence-electron chi connectivity index (χ1n) is 8.82. The minimum Gasteiger partial charge on any atom is -0.430 e. The summed E-state index contributed by atoms with van der Waals surface area (Å²) < 4.78 is 22.9. The Morgan fingerprint density at radius 1 is 0.645 bits per heavy atom. The van der Waals surface area contributed by atoms with Crippen molar-refractivity contribution in [2.24, 2.45) is 18.1 Å². The Bertz CT molecular complexity index is 1080. The van der Waals surface area contributed by atoms with Crippen molar-refractivity contribution in [2.45, 2.75) is 59.3 Å². The maximum absolute atomic E-state index is 6.81. The molecule has 16 heteroatoms. The van der Waals surface area contributed by atoms with Crippen LogP contribution in [0.2, 0.25) is 0 Å². The fourth-order valence-electron chi connectivity index (χ4n) is 2.73. The van der Waals surface area contributed by atoms with Crippen LogP contribution in [0.4, 0.5) is 0 Å². The molecule has 0 aliphatic carbocycles. The molecule has 0 radical (unpaired) electrons. The van der Waals surface area contributed by atoms with Crippen LogP contribution in [0.25, 0.3) is 0 Å². The van der Waals surface area contributed by atoms with Crippen LogP contribution in [-0.2, 0) is 10.8 Å². The number of benzene rings is 1. The van der Waals surface area contributed by atoms with E-state index >= 15 is 0 Å². The molecule has 178 valence electrons. The number of halogens is 7. The summed E-state index contributed by atoms with van der Waals surface area (Å²) in [6, 6.07) is 4.07. The average molecular weight is 647 g/mol. The molecule has 0 N–H and O–H groups in total. The van der Waals surface area contributed by atoms with Crippen LogP contribution in [0.15, 0.2) is 30.2 Å². The lowest BCUT2D eigenvalue weighted by Crippen LogP contribution is -2.19. The van der Waals surface area contributed by atoms with Crippen LogP contribution in [0.1, 0.15) is 58.2 Å². The Morgan fingerprint density at radius 3 is 1.39 bits per heavy atom. The molecule has 0 amide bonds. The highest BCUT2D eigenvalue weighted by Gasteiger charge is 2.37. The van der Waals surface area contributed by atoms with Crippen molar-refractivity contribution in [3.8, 4) is 5.75 Å². The van der Waals surface area contributed by atoms with E-state index in [1.165, 1.54) is 0 Å². The van der Waals surface area contributed by atoms with Gasteiger partial charge in [0.15, 0.2) is 0 Å². The van der Waals surface area contributed by atoms with E-state index < -0.39 is 24.5 Å². The lowest BCUT2D eigenvalue weighted by molar-refractivity contribution is 0.502. The Hall–Kier alpha value is 1.97. The van der Waals surface area contributed by atoms with Gasteiger partial charge in [-0.3, -0.25) is 0 Å². The minimum absolute atomic E-state index is 0.288. The van der Waals surface area contributed by atoms with Crippen LogP contribution in [-0.4, -0.2) is 0 Å². The smallest absolute Gasteiger partial charge is 0.350 e. The molecular formula is C15H23Cl7N4OP4. The SMILES string of the molecule is Cc1cc(C(C)(C)C)c(OP2(Cl)=NP(Cl)(Cl)=NP(Cl)(Cl)=NP(Cl)(Cl)=N2)c(C(C)(C)C)c1. The lowest BCUT2D eigenvalue weighted by Gasteiger charge is -2.32. The number of hydrogen-bond donors (Lipinski definition) is 0. The molecule has 1 atom stereocenters. The minimum atomic E-state index is -3.66. The van der Waals surface area contributed by atoms with Crippen LogP contribution < -0.4 is 4.52 Å². The molecule has 0 bridgehead atoms. The zero-order chi connectivity index (χ0) is 24.3. The molecule has 5 nitrogen and oxygen atoms in total. The van der Waals surface area contributed by atoms with E-state index in [1.807, 2.05) is 19.1 Å². The van der Waals surface area contributed by atoms with E-state index in [0.29, 0.717) is 5.75 Å². The molecule has 0 saturated carbocycles. The van der Waals surface area contributed by atoms with Gasteiger partial charge in [0, 0.05) is 11.1 Å². The van der Waals surface area contributed by atoms with Gasteiger partial charge in [-0.15, -0.1) is 0 Å². The van der Waals surface area contributed by atoms with E-state index in [9.17, 15) is 0 Å². The zero-order valence-corrected chi connectivity index (χ0v) is 26.7. The van der Waals surface area contributed by atoms with Gasteiger partial charge in [0.2, 0.25) is 0 Å². The molecule has 1 aromatic carbocycles. The number of hydrogen-bond acceptors (Lipinski definition) is 5. The van der Waals surface area contributed by atoms with Gasteiger partial charge in [-0.05, 0) is 96.4 Å². The molecular weight excluding hydrogens is 624 g/mol. The molecule has 0 saturated heterocycles. The predicted octanol–water partition coefficient (Wildman–Crippen LogP) is 13.4. The summed E-state index contributed by atoms with van der Waals surface area (Å²) in [6.45, 7) is 10.8. The highest BCUT2D eigenvalue weighted by atomic mass is 35.9. The van der Waals surface area contributed by atoms with Crippen molar-refractivity contribution < 1.29 is 4.52 Å². The van der Waals surface area contributed by atoms with Crippen molar-refractivity contribution in [1.82, 2.24) is 0 Å². The third-order valence-electron chi connectivity index (χ3n) is 3.92. The van der Waals surface area contributed by atoms with Crippen LogP contribution in [0, 0.1) is 6.92 Å². The molecule has 0 fully saturated rings. The normalized spacial score (nSPS) is 25.1. The summed E-state index contributed by atoms with van der Waals surface area (Å²) in [5.74, 6) is -9.82. The molecule has 1 aliphatic rings. The largest absolute Gasteiger partial charge is 0.430 e. The first kappa shape index (κ1) is 29.2. The number of nitrogens with zero attached hydrogens (tertiary/aromatic N) is 4. The van der Waals surface area contributed by atoms with Crippen molar-refractivity contribution in [2.75, 3.05) is 0 Å². The fraction of sp³-hybridized carbons (Fsp3) is 0.600. The standard InChI is InChI=1S/C15H23Cl7N4OP4/c1-10-8-11(14(2,3)4)13(12(9-10)15(5,6)7)27-31(22)25-29(18,19)23-28(16,17)24-30(20,21)26-31/h8-9H,1-7H3. The first-order valence-corrected chi connectivity index (χ1v) is 21.9. The molecule has 1 heterocycles. The highest BCUT2D eigenvalue weighted by molar-refractivity contribution is 8.24. The maximum Gasteiger partial charge on any atom is 0.350 e. The van der Waals surface area contributed by atoms with Crippen LogP contribution >= 0.6 is 103 Å². The van der Waals surface area contributed by atoms with Gasteiger partial charge in [-0.2, -0.15) is 18.1 Å². The molecule has 31 heavy (non-hydrogen) atoms. The van der Waals surface area contributed by atoms with E-state index in [0.717, 1.165) is 16.7 Å². The number of aryl methyl sites for hydroxylation is 1. The van der Waals surface area contributed by atoms with Gasteiger partial charge in [0.25, 0.3) is 17.7 Å². The quantitative estimate of drug-likeness (QED) is 0.295. The Balaban J connectivity index is 2.92. The third kappa shape index (κ3) is 8.26. The summed E-state index contributed by atoms with van der Waals surface area (Å²) >= 11 is 44.4. The predicted molar refractivity (Wildman–Crippen MR) is 148 cm³/mol. The van der Waals surface area contributed by atoms with E-state index in [4.69, 9.17) is 83.2 Å². The van der Waals surface area contributed by atoms with E-state index in [2.05, 4.69) is 59.6 Å². The lowest BCUT2D eigenvalue weighted by atomic mass is 9.78. The molecule has 1 aliphatic heterocycles. The van der Waals surface area contributed by atoms with Gasteiger partial charge >= 0.3 is 6.78 Å². The van der Waals surface area contributed by atoms with Crippen LogP contribution in [0.5, 0.6) is 5.75 Å². The van der Waals surface area contributed by atoms with Crippen molar-refractivity contribution in [3.63, 3.8) is 0 Å². The second-order valence-electron chi connectivity index (χ2n) is 8.98. The van der Waals surface area contributed by atoms with Gasteiger partial charge in [-0.25, -0.2) is 0 Å². The van der Waals surface area contributed by atoms with Gasteiger partial charge in [0.05, 0.1) is 0 Å². The highest BCUT2D eigenvalue weighted by Crippen LogP contribution is 2.87. The second kappa shape index (κ2) is 9.45. The summed E-state index contributed by atoms with van der Waals surface area (Å²) in [4.78, 5) is 0. The van der Waals surface area contributed by atoms with Crippen LogP contribution in [0.3, 0.4) is 0 Å². The molecule has 2 rings (SSSR count). The maximum atomic E-state index is 6.81. The molecule has 0 spiro atoms. The average Bonchev–Trinajstić information content (AvgIpc) is 2.40. The van der Waals surface area contributed by atoms with E-state index in [-0.39, 0.29) is 10.8 Å².